The lowest BCUT2D eigenvalue weighted by Gasteiger charge is -2.27. The van der Waals surface area contributed by atoms with Crippen molar-refractivity contribution in [2.75, 3.05) is 40.9 Å². The highest BCUT2D eigenvalue weighted by Gasteiger charge is 2.30. The van der Waals surface area contributed by atoms with Gasteiger partial charge in [0.25, 0.3) is 0 Å². The van der Waals surface area contributed by atoms with Crippen molar-refractivity contribution >= 4 is 19.7 Å². The van der Waals surface area contributed by atoms with Crippen LogP contribution in [0.1, 0.15) is 284 Å². The molecule has 9 nitrogen and oxygen atoms in total. The number of allylic oxidation sites excluding steroid dienone is 19. The highest BCUT2D eigenvalue weighted by molar-refractivity contribution is 7.47. The van der Waals surface area contributed by atoms with Crippen LogP contribution in [0.25, 0.3) is 0 Å². The van der Waals surface area contributed by atoms with Gasteiger partial charge in [-0.25, -0.2) is 4.57 Å². The minimum Gasteiger partial charge on any atom is -0.456 e. The highest BCUT2D eigenvalue weighted by Crippen LogP contribution is 2.43. The lowest BCUT2D eigenvalue weighted by atomic mass is 10.0. The van der Waals surface area contributed by atoms with Gasteiger partial charge in [-0.05, 0) is 122 Å². The van der Waals surface area contributed by atoms with E-state index in [1.54, 1.807) is 0 Å². The first-order valence-electron chi connectivity index (χ1n) is 34.4. The van der Waals surface area contributed by atoms with Gasteiger partial charge in [-0.3, -0.25) is 18.6 Å². The minimum atomic E-state index is -4.47. The number of rotatable bonds is 61. The van der Waals surface area contributed by atoms with E-state index in [0.29, 0.717) is 17.4 Å². The molecule has 0 spiro atoms. The van der Waals surface area contributed by atoms with E-state index >= 15 is 0 Å². The monoisotopic (exact) mass is 1190 g/mol. The van der Waals surface area contributed by atoms with Crippen molar-refractivity contribution in [3.63, 3.8) is 0 Å². The molecule has 0 rings (SSSR count). The fourth-order valence-corrected chi connectivity index (χ4v) is 10.1. The second-order valence-corrected chi connectivity index (χ2v) is 25.4. The van der Waals surface area contributed by atoms with E-state index in [4.69, 9.17) is 13.8 Å². The van der Waals surface area contributed by atoms with Crippen LogP contribution >= 0.6 is 7.82 Å². The molecule has 0 saturated carbocycles. The SMILES string of the molecule is CC/C=C\C/C=C\C/C=C\C/C=C\C/C=C\CCCCCCCCCC(=O)OC(/C=C/CCCCCCCCCCCC)C(COP(=O)(O)OCC[N+](C)(C)C)NC(=O)CCCCCCCCC/C=C\C/C=C\C/C=C\C/C=C\CCCCC. The molecular formula is C74H130N2O7P+. The molecule has 0 radical (unpaired) electrons. The molecule has 84 heavy (non-hydrogen) atoms. The molecule has 10 heteroatoms. The molecule has 0 saturated heterocycles. The first-order valence-corrected chi connectivity index (χ1v) is 35.9. The Morgan fingerprint density at radius 3 is 1.17 bits per heavy atom. The summed E-state index contributed by atoms with van der Waals surface area (Å²) in [7, 11) is 1.47. The zero-order valence-corrected chi connectivity index (χ0v) is 56.0. The van der Waals surface area contributed by atoms with E-state index < -0.39 is 20.0 Å². The second-order valence-electron chi connectivity index (χ2n) is 24.0. The molecule has 2 N–H and O–H groups in total. The van der Waals surface area contributed by atoms with E-state index in [9.17, 15) is 19.0 Å². The number of nitrogens with one attached hydrogen (secondary N) is 1. The number of amides is 1. The minimum absolute atomic E-state index is 0.0297. The number of carbonyl (C=O) groups excluding carboxylic acids is 2. The molecule has 482 valence electrons. The molecule has 3 unspecified atom stereocenters. The van der Waals surface area contributed by atoms with E-state index in [1.165, 1.54) is 116 Å². The third-order valence-corrected chi connectivity index (χ3v) is 15.6. The number of hydrogen-bond acceptors (Lipinski definition) is 6. The number of nitrogens with zero attached hydrogens (tertiary/aromatic N) is 1. The summed E-state index contributed by atoms with van der Waals surface area (Å²) in [6, 6.07) is -0.868. The van der Waals surface area contributed by atoms with Gasteiger partial charge in [0.05, 0.1) is 33.8 Å². The Balaban J connectivity index is 5.19. The average Bonchev–Trinajstić information content (AvgIpc) is 3.65. The molecule has 0 aliphatic heterocycles. The molecule has 0 bridgehead atoms. The smallest absolute Gasteiger partial charge is 0.456 e. The van der Waals surface area contributed by atoms with Crippen LogP contribution in [0.3, 0.4) is 0 Å². The van der Waals surface area contributed by atoms with Gasteiger partial charge in [0.1, 0.15) is 19.3 Å². The van der Waals surface area contributed by atoms with Crippen LogP contribution in [0.4, 0.5) is 0 Å². The van der Waals surface area contributed by atoms with Crippen molar-refractivity contribution in [2.45, 2.75) is 296 Å². The summed E-state index contributed by atoms with van der Waals surface area (Å²) >= 11 is 0. The zero-order chi connectivity index (χ0) is 61.4. The molecule has 0 aromatic carbocycles. The lowest BCUT2D eigenvalue weighted by Crippen LogP contribution is -2.47. The summed E-state index contributed by atoms with van der Waals surface area (Å²) in [4.78, 5) is 37.9. The van der Waals surface area contributed by atoms with Gasteiger partial charge in [-0.15, -0.1) is 0 Å². The van der Waals surface area contributed by atoms with Crippen LogP contribution in [0.5, 0.6) is 0 Å². The number of phosphoric acid groups is 1. The maximum absolute atomic E-state index is 13.6. The quantitative estimate of drug-likeness (QED) is 0.0205. The lowest BCUT2D eigenvalue weighted by molar-refractivity contribution is -0.870. The third kappa shape index (κ3) is 62.9. The first kappa shape index (κ1) is 80.4. The van der Waals surface area contributed by atoms with Crippen molar-refractivity contribution in [3.05, 3.63) is 122 Å². The maximum atomic E-state index is 13.6. The van der Waals surface area contributed by atoms with Crippen LogP contribution in [0.2, 0.25) is 0 Å². The molecule has 0 aromatic heterocycles. The Morgan fingerprint density at radius 1 is 0.429 bits per heavy atom. The summed E-state index contributed by atoms with van der Waals surface area (Å²) < 4.78 is 30.8. The number of quaternary nitrogens is 1. The third-order valence-electron chi connectivity index (χ3n) is 14.6. The molecule has 3 atom stereocenters. The Morgan fingerprint density at radius 2 is 0.762 bits per heavy atom. The molecule has 1 amide bonds. The van der Waals surface area contributed by atoms with Gasteiger partial charge in [-0.1, -0.05) is 271 Å². The van der Waals surface area contributed by atoms with Gasteiger partial charge in [0, 0.05) is 12.8 Å². The number of carbonyl (C=O) groups is 2. The zero-order valence-electron chi connectivity index (χ0n) is 55.1. The molecular weight excluding hydrogens is 1060 g/mol. The fraction of sp³-hybridized carbons (Fsp3) is 0.703. The average molecular weight is 1190 g/mol. The normalized spacial score (nSPS) is 14.3. The van der Waals surface area contributed by atoms with Gasteiger partial charge in [0.15, 0.2) is 0 Å². The molecule has 0 heterocycles. The topological polar surface area (TPSA) is 111 Å². The van der Waals surface area contributed by atoms with Crippen molar-refractivity contribution in [1.29, 1.82) is 0 Å². The summed E-state index contributed by atoms with van der Waals surface area (Å²) in [6.45, 7) is 6.86. The Hall–Kier alpha value is -3.59. The predicted molar refractivity (Wildman–Crippen MR) is 364 cm³/mol. The largest absolute Gasteiger partial charge is 0.472 e. The Bertz CT molecular complexity index is 1850. The van der Waals surface area contributed by atoms with E-state index in [1.807, 2.05) is 33.3 Å². The van der Waals surface area contributed by atoms with Crippen molar-refractivity contribution in [2.24, 2.45) is 0 Å². The van der Waals surface area contributed by atoms with Gasteiger partial charge in [-0.2, -0.15) is 0 Å². The highest BCUT2D eigenvalue weighted by atomic mass is 31.2. The summed E-state index contributed by atoms with van der Waals surface area (Å²) in [5, 5.41) is 3.06. The number of phosphoric ester groups is 1. The summed E-state index contributed by atoms with van der Waals surface area (Å²) in [5.41, 5.74) is 0. The Kier molecular flexibility index (Phi) is 59.8. The molecule has 0 aliphatic carbocycles. The number of unbranched alkanes of at least 4 members (excludes halogenated alkanes) is 27. The van der Waals surface area contributed by atoms with Crippen LogP contribution in [-0.4, -0.2) is 74.3 Å². The molecule has 0 aliphatic rings. The molecule has 0 fully saturated rings. The van der Waals surface area contributed by atoms with Crippen LogP contribution in [0, 0.1) is 0 Å². The second kappa shape index (κ2) is 62.5. The van der Waals surface area contributed by atoms with Crippen molar-refractivity contribution in [3.8, 4) is 0 Å². The Labute approximate surface area is 518 Å². The summed E-state index contributed by atoms with van der Waals surface area (Å²) in [5.74, 6) is -0.534. The predicted octanol–water partition coefficient (Wildman–Crippen LogP) is 21.8. The van der Waals surface area contributed by atoms with Gasteiger partial charge < -0.3 is 19.4 Å². The van der Waals surface area contributed by atoms with Gasteiger partial charge >= 0.3 is 13.8 Å². The number of hydrogen-bond donors (Lipinski definition) is 2. The number of esters is 1. The fourth-order valence-electron chi connectivity index (χ4n) is 9.36. The van der Waals surface area contributed by atoms with E-state index in [0.717, 1.165) is 135 Å². The number of ether oxygens (including phenoxy) is 1. The molecule has 0 aromatic rings. The van der Waals surface area contributed by atoms with Crippen molar-refractivity contribution < 1.29 is 37.3 Å². The first-order chi connectivity index (χ1) is 40.9. The van der Waals surface area contributed by atoms with Gasteiger partial charge in [0.2, 0.25) is 5.91 Å². The van der Waals surface area contributed by atoms with Crippen LogP contribution in [-0.2, 0) is 27.9 Å². The van der Waals surface area contributed by atoms with Crippen molar-refractivity contribution in [1.82, 2.24) is 5.32 Å². The summed E-state index contributed by atoms with van der Waals surface area (Å²) in [6.07, 6.45) is 87.7. The number of likely N-dealkylation sites (N-methyl/N-ethyl adjacent to an activating group) is 1. The van der Waals surface area contributed by atoms with Crippen LogP contribution < -0.4 is 5.32 Å². The standard InChI is InChI=1S/C74H129N2O7P/c1-7-10-13-16-19-22-25-28-30-32-34-36-38-40-42-44-46-48-51-54-57-60-63-66-73(77)75-71(70-82-84(79,80)81-69-68-76(4,5)6)72(65-62-59-56-53-50-27-24-21-18-15-12-9-3)83-74(78)67-64-61-58-55-52-49-47-45-43-41-39-37-35-33-31-29-26-23-20-17-14-11-8-2/h11,14,19-20,22-23,28-31,34-37,40-43,62,65,71-72H,7-10,12-13,15-18,21,24-27,32-33,38-39,44-61,63-64,66-70H2,1-6H3,(H-,75,77,79,80)/p+1/b14-11-,22-19-,23-20-,30-28-,31-29-,36-34-,37-35-,42-40-,43-41-,65-62+. The maximum Gasteiger partial charge on any atom is 0.472 e. The van der Waals surface area contributed by atoms with E-state index in [-0.39, 0.29) is 31.5 Å². The van der Waals surface area contributed by atoms with Crippen LogP contribution in [0.15, 0.2) is 122 Å². The van der Waals surface area contributed by atoms with E-state index in [2.05, 4.69) is 135 Å².